The van der Waals surface area contributed by atoms with E-state index in [2.05, 4.69) is 5.32 Å². The molecule has 19 heavy (non-hydrogen) atoms. The molecule has 1 rings (SSSR count). The normalized spacial score (nSPS) is 12.3. The van der Waals surface area contributed by atoms with Crippen molar-refractivity contribution in [2.24, 2.45) is 0 Å². The van der Waals surface area contributed by atoms with Crippen molar-refractivity contribution in [1.29, 1.82) is 0 Å². The average molecular weight is 263 g/mol. The number of carboxylic acids is 1. The lowest BCUT2D eigenvalue weighted by atomic mass is 10.1. The predicted molar refractivity (Wildman–Crippen MR) is 71.7 cm³/mol. The lowest BCUT2D eigenvalue weighted by Crippen LogP contribution is -2.43. The Morgan fingerprint density at radius 3 is 2.53 bits per heavy atom. The van der Waals surface area contributed by atoms with Crippen molar-refractivity contribution >= 4 is 18.0 Å². The number of ether oxygens (including phenoxy) is 1. The summed E-state index contributed by atoms with van der Waals surface area (Å²) in [5, 5.41) is 11.2. The van der Waals surface area contributed by atoms with Crippen molar-refractivity contribution in [2.75, 3.05) is 13.7 Å². The third-order valence-electron chi connectivity index (χ3n) is 2.45. The van der Waals surface area contributed by atoms with Crippen LogP contribution in [0.3, 0.4) is 0 Å². The maximum Gasteiger partial charge on any atom is 0.328 e. The first-order valence-electron chi connectivity index (χ1n) is 5.80. The molecule has 102 valence electrons. The Morgan fingerprint density at radius 2 is 2.00 bits per heavy atom. The molecule has 1 aromatic rings. The zero-order chi connectivity index (χ0) is 14.3. The molecule has 1 aromatic carbocycles. The molecule has 0 spiro atoms. The third-order valence-corrected chi connectivity index (χ3v) is 2.45. The van der Waals surface area contributed by atoms with E-state index in [0.29, 0.717) is 0 Å². The molecule has 0 aliphatic rings. The highest BCUT2D eigenvalue weighted by Crippen LogP contribution is 2.04. The summed E-state index contributed by atoms with van der Waals surface area (Å²) in [6, 6.07) is 6.58. The third kappa shape index (κ3) is 5.35. The summed E-state index contributed by atoms with van der Waals surface area (Å²) >= 11 is 0. The summed E-state index contributed by atoms with van der Waals surface area (Å²) in [6.07, 6.45) is 2.93. The van der Waals surface area contributed by atoms with Gasteiger partial charge in [0.2, 0.25) is 5.91 Å². The van der Waals surface area contributed by atoms with Gasteiger partial charge in [-0.25, -0.2) is 4.79 Å². The van der Waals surface area contributed by atoms with E-state index < -0.39 is 17.9 Å². The summed E-state index contributed by atoms with van der Waals surface area (Å²) in [5.74, 6) is -1.59. The van der Waals surface area contributed by atoms with Crippen LogP contribution in [-0.2, 0) is 14.3 Å². The van der Waals surface area contributed by atoms with Crippen molar-refractivity contribution in [3.05, 3.63) is 41.5 Å². The first kappa shape index (κ1) is 14.9. The quantitative estimate of drug-likeness (QED) is 0.757. The number of aliphatic carboxylic acids is 1. The van der Waals surface area contributed by atoms with Gasteiger partial charge in [-0.2, -0.15) is 0 Å². The second-order valence-corrected chi connectivity index (χ2v) is 4.10. The standard InChI is InChI=1S/C14H17NO4/c1-10-3-5-11(6-4-10)7-8-13(16)15-12(9-19-2)14(17)18/h3-8,12H,9H2,1-2H3,(H,15,16)(H,17,18)/b8-7+. The van der Waals surface area contributed by atoms with Crippen LogP contribution in [0.15, 0.2) is 30.3 Å². The number of nitrogens with one attached hydrogen (secondary N) is 1. The van der Waals surface area contributed by atoms with Gasteiger partial charge in [0.15, 0.2) is 6.04 Å². The van der Waals surface area contributed by atoms with Gasteiger partial charge in [-0.1, -0.05) is 29.8 Å². The molecule has 2 N–H and O–H groups in total. The maximum absolute atomic E-state index is 11.6. The van der Waals surface area contributed by atoms with Crippen molar-refractivity contribution in [3.8, 4) is 0 Å². The van der Waals surface area contributed by atoms with Crippen molar-refractivity contribution < 1.29 is 19.4 Å². The molecule has 0 fully saturated rings. The van der Waals surface area contributed by atoms with Crippen LogP contribution in [0.2, 0.25) is 0 Å². The summed E-state index contributed by atoms with van der Waals surface area (Å²) in [4.78, 5) is 22.4. The minimum atomic E-state index is -1.13. The van der Waals surface area contributed by atoms with Crippen LogP contribution >= 0.6 is 0 Å². The molecule has 0 heterocycles. The van der Waals surface area contributed by atoms with Gasteiger partial charge in [-0.3, -0.25) is 4.79 Å². The van der Waals surface area contributed by atoms with Gasteiger partial charge in [-0.05, 0) is 18.6 Å². The molecule has 1 unspecified atom stereocenters. The van der Waals surface area contributed by atoms with Gasteiger partial charge in [0.25, 0.3) is 0 Å². The Hall–Kier alpha value is -2.14. The van der Waals surface area contributed by atoms with Crippen molar-refractivity contribution in [1.82, 2.24) is 5.32 Å². The molecule has 0 radical (unpaired) electrons. The van der Waals surface area contributed by atoms with Gasteiger partial charge in [0.1, 0.15) is 0 Å². The molecular weight excluding hydrogens is 246 g/mol. The van der Waals surface area contributed by atoms with E-state index in [9.17, 15) is 9.59 Å². The number of hydrogen-bond donors (Lipinski definition) is 2. The van der Waals surface area contributed by atoms with Crippen LogP contribution in [0.5, 0.6) is 0 Å². The predicted octanol–water partition coefficient (Wildman–Crippen LogP) is 1.22. The molecule has 0 aromatic heterocycles. The van der Waals surface area contributed by atoms with Crippen LogP contribution in [0.25, 0.3) is 6.08 Å². The van der Waals surface area contributed by atoms with E-state index in [4.69, 9.17) is 9.84 Å². The highest BCUT2D eigenvalue weighted by atomic mass is 16.5. The van der Waals surface area contributed by atoms with E-state index in [0.717, 1.165) is 11.1 Å². The highest BCUT2D eigenvalue weighted by Gasteiger charge is 2.18. The molecule has 1 atom stereocenters. The fourth-order valence-electron chi connectivity index (χ4n) is 1.41. The first-order chi connectivity index (χ1) is 9.02. The molecule has 0 saturated carbocycles. The van der Waals surface area contributed by atoms with Gasteiger partial charge in [0.05, 0.1) is 6.61 Å². The van der Waals surface area contributed by atoms with Gasteiger partial charge in [0, 0.05) is 13.2 Å². The SMILES string of the molecule is COCC(NC(=O)/C=C/c1ccc(C)cc1)C(=O)O. The van der Waals surface area contributed by atoms with E-state index in [1.165, 1.54) is 13.2 Å². The Morgan fingerprint density at radius 1 is 1.37 bits per heavy atom. The Labute approximate surface area is 111 Å². The Balaban J connectivity index is 2.58. The van der Waals surface area contributed by atoms with Crippen LogP contribution in [0.4, 0.5) is 0 Å². The van der Waals surface area contributed by atoms with E-state index >= 15 is 0 Å². The van der Waals surface area contributed by atoms with Crippen LogP contribution in [0.1, 0.15) is 11.1 Å². The monoisotopic (exact) mass is 263 g/mol. The Kier molecular flexibility index (Phi) is 5.75. The average Bonchev–Trinajstić information content (AvgIpc) is 2.37. The molecular formula is C14H17NO4. The molecule has 0 bridgehead atoms. The largest absolute Gasteiger partial charge is 0.480 e. The molecule has 1 amide bonds. The second-order valence-electron chi connectivity index (χ2n) is 4.10. The summed E-state index contributed by atoms with van der Waals surface area (Å²) in [7, 11) is 1.38. The number of carboxylic acid groups (broad SMARTS) is 1. The second kappa shape index (κ2) is 7.33. The van der Waals surface area contributed by atoms with E-state index in [-0.39, 0.29) is 6.61 Å². The Bertz CT molecular complexity index is 465. The number of hydrogen-bond acceptors (Lipinski definition) is 3. The topological polar surface area (TPSA) is 75.6 Å². The summed E-state index contributed by atoms with van der Waals surface area (Å²) in [6.45, 7) is 1.90. The van der Waals surface area contributed by atoms with Crippen LogP contribution < -0.4 is 5.32 Å². The summed E-state index contributed by atoms with van der Waals surface area (Å²) < 4.78 is 4.72. The summed E-state index contributed by atoms with van der Waals surface area (Å²) in [5.41, 5.74) is 2.01. The first-order valence-corrected chi connectivity index (χ1v) is 5.80. The zero-order valence-corrected chi connectivity index (χ0v) is 10.9. The minimum absolute atomic E-state index is 0.0700. The number of methoxy groups -OCH3 is 1. The van der Waals surface area contributed by atoms with Crippen LogP contribution in [-0.4, -0.2) is 36.7 Å². The lowest BCUT2D eigenvalue weighted by molar-refractivity contribution is -0.142. The van der Waals surface area contributed by atoms with E-state index in [1.54, 1.807) is 6.08 Å². The van der Waals surface area contributed by atoms with E-state index in [1.807, 2.05) is 31.2 Å². The van der Waals surface area contributed by atoms with Gasteiger partial charge >= 0.3 is 5.97 Å². The lowest BCUT2D eigenvalue weighted by Gasteiger charge is -2.11. The van der Waals surface area contributed by atoms with Gasteiger partial charge in [-0.15, -0.1) is 0 Å². The molecule has 0 saturated heterocycles. The number of aryl methyl sites for hydroxylation is 1. The van der Waals surface area contributed by atoms with Gasteiger partial charge < -0.3 is 15.2 Å². The smallest absolute Gasteiger partial charge is 0.328 e. The van der Waals surface area contributed by atoms with Crippen LogP contribution in [0, 0.1) is 6.92 Å². The number of benzene rings is 1. The molecule has 5 nitrogen and oxygen atoms in total. The maximum atomic E-state index is 11.6. The number of carbonyl (C=O) groups is 2. The number of rotatable bonds is 6. The van der Waals surface area contributed by atoms with Crippen molar-refractivity contribution in [2.45, 2.75) is 13.0 Å². The fraction of sp³-hybridized carbons (Fsp3) is 0.286. The zero-order valence-electron chi connectivity index (χ0n) is 10.9. The molecule has 5 heteroatoms. The highest BCUT2D eigenvalue weighted by molar-refractivity contribution is 5.94. The number of carbonyl (C=O) groups excluding carboxylic acids is 1. The fourth-order valence-corrected chi connectivity index (χ4v) is 1.41. The molecule has 0 aliphatic carbocycles. The molecule has 0 aliphatic heterocycles. The number of amides is 1. The minimum Gasteiger partial charge on any atom is -0.480 e. The van der Waals surface area contributed by atoms with Crippen molar-refractivity contribution in [3.63, 3.8) is 0 Å².